The predicted octanol–water partition coefficient (Wildman–Crippen LogP) is 11.1. The molecule has 0 unspecified atom stereocenters. The summed E-state index contributed by atoms with van der Waals surface area (Å²) in [7, 11) is 0. The molecule has 0 nitrogen and oxygen atoms in total. The van der Waals surface area contributed by atoms with Crippen LogP contribution in [0.5, 0.6) is 0 Å². The Kier molecular flexibility index (Phi) is 20.5. The summed E-state index contributed by atoms with van der Waals surface area (Å²) < 4.78 is 0. The second-order valence-corrected chi connectivity index (χ2v) is 21.5. The van der Waals surface area contributed by atoms with Crippen molar-refractivity contribution in [3.05, 3.63) is 144 Å². The Morgan fingerprint density at radius 1 is 0.450 bits per heavy atom. The molecule has 0 spiro atoms. The van der Waals surface area contributed by atoms with E-state index in [2.05, 4.69) is 222 Å². The molecule has 0 aromatic heterocycles. The van der Waals surface area contributed by atoms with Crippen molar-refractivity contribution in [3.8, 4) is 22.3 Å². The van der Waals surface area contributed by atoms with Crippen molar-refractivity contribution >= 4 is 21.5 Å². The number of rotatable bonds is 6. The molecule has 0 saturated carbocycles. The molecule has 0 heterocycles. The van der Waals surface area contributed by atoms with Gasteiger partial charge in [-0.25, -0.2) is 0 Å². The van der Waals surface area contributed by atoms with Crippen molar-refractivity contribution in [1.82, 2.24) is 0 Å². The van der Waals surface area contributed by atoms with Crippen molar-refractivity contribution in [1.29, 1.82) is 0 Å². The van der Waals surface area contributed by atoms with Gasteiger partial charge in [-0.15, -0.1) is 69.1 Å². The molecule has 0 aliphatic carbocycles. The molecule has 0 radical (unpaired) electrons. The third-order valence-electron chi connectivity index (χ3n) is 10.9. The average molecular weight is 880 g/mol. The topological polar surface area (TPSA) is 0 Å². The summed E-state index contributed by atoms with van der Waals surface area (Å²) in [6.45, 7) is 43.6. The molecule has 6 aromatic carbocycles. The molecule has 0 bridgehead atoms. The van der Waals surface area contributed by atoms with E-state index in [4.69, 9.17) is 0 Å². The summed E-state index contributed by atoms with van der Waals surface area (Å²) >= 11 is 0. The minimum absolute atomic E-state index is 0. The molecule has 0 fully saturated rings. The first kappa shape index (κ1) is 55.4. The van der Waals surface area contributed by atoms with Crippen LogP contribution in [0.4, 0.5) is 0 Å². The second-order valence-electron chi connectivity index (χ2n) is 21.5. The number of hydrogen-bond acceptors (Lipinski definition) is 0. The Morgan fingerprint density at radius 3 is 0.950 bits per heavy atom. The predicted molar refractivity (Wildman–Crippen MR) is 257 cm³/mol. The van der Waals surface area contributed by atoms with Gasteiger partial charge in [-0.3, -0.25) is 0 Å². The van der Waals surface area contributed by atoms with E-state index in [0.29, 0.717) is 11.8 Å². The molecule has 0 aliphatic heterocycles. The molecule has 326 valence electrons. The van der Waals surface area contributed by atoms with Gasteiger partial charge in [0.2, 0.25) is 0 Å². The smallest absolute Gasteiger partial charge is 1.00 e. The summed E-state index contributed by atoms with van der Waals surface area (Å²) in [5, 5.41) is 5.50. The fraction of sp³-hybridized carbons (Fsp3) is 0.439. The molecule has 6 rings (SSSR count). The molecule has 3 heteroatoms. The summed E-state index contributed by atoms with van der Waals surface area (Å²) in [6, 6.07) is 37.5. The summed E-state index contributed by atoms with van der Waals surface area (Å²) in [5.74, 6) is 1.36. The van der Waals surface area contributed by atoms with E-state index in [1.54, 1.807) is 0 Å². The van der Waals surface area contributed by atoms with Gasteiger partial charge in [0.1, 0.15) is 0 Å². The van der Waals surface area contributed by atoms with Crippen LogP contribution in [0.2, 0.25) is 0 Å². The molecular weight excluding hydrogens is 803 g/mol. The van der Waals surface area contributed by atoms with E-state index in [9.17, 15) is 0 Å². The summed E-state index contributed by atoms with van der Waals surface area (Å²) in [6.07, 6.45) is 3.03. The average Bonchev–Trinajstić information content (AvgIpc) is 3.69. The van der Waals surface area contributed by atoms with Crippen LogP contribution in [0.1, 0.15) is 151 Å². The van der Waals surface area contributed by atoms with Crippen molar-refractivity contribution in [2.75, 3.05) is 0 Å². The van der Waals surface area contributed by atoms with E-state index in [1.165, 1.54) is 77.2 Å². The zero-order valence-corrected chi connectivity index (χ0v) is 43.3. The van der Waals surface area contributed by atoms with Crippen LogP contribution < -0.4 is 24.8 Å². The van der Waals surface area contributed by atoms with Crippen LogP contribution in [0.15, 0.2) is 97.1 Å². The van der Waals surface area contributed by atoms with Crippen LogP contribution in [-0.4, -0.2) is 0 Å². The molecule has 6 aromatic rings. The third kappa shape index (κ3) is 14.8. The molecular formula is C57H76Cl2Ti-4. The van der Waals surface area contributed by atoms with Gasteiger partial charge in [-0.1, -0.05) is 170 Å². The van der Waals surface area contributed by atoms with Crippen LogP contribution in [0.3, 0.4) is 0 Å². The van der Waals surface area contributed by atoms with Gasteiger partial charge in [0, 0.05) is 0 Å². The van der Waals surface area contributed by atoms with Gasteiger partial charge in [0.25, 0.3) is 0 Å². The maximum absolute atomic E-state index is 3.38. The van der Waals surface area contributed by atoms with E-state index < -0.39 is 0 Å². The molecule has 0 amide bonds. The number of halogens is 2. The van der Waals surface area contributed by atoms with E-state index >= 15 is 0 Å². The largest absolute Gasteiger partial charge is 2.00 e. The maximum Gasteiger partial charge on any atom is 2.00 e. The minimum atomic E-state index is 0. The normalized spacial score (nSPS) is 11.9. The molecule has 0 saturated heterocycles. The second kappa shape index (κ2) is 22.1. The quantitative estimate of drug-likeness (QED) is 0.116. The Bertz CT molecular complexity index is 2010. The monoisotopic (exact) mass is 878 g/mol. The summed E-state index contributed by atoms with van der Waals surface area (Å²) in [5.41, 5.74) is 14.5. The Morgan fingerprint density at radius 2 is 0.717 bits per heavy atom. The van der Waals surface area contributed by atoms with Crippen molar-refractivity contribution in [2.45, 2.75) is 152 Å². The van der Waals surface area contributed by atoms with Crippen molar-refractivity contribution in [2.24, 2.45) is 11.8 Å². The standard InChI is InChI=1S/2C27H35.C3H6.2ClH.Ti/c2*1-18(2)12-19-13-20-10-9-11-24(25(20)14-19)21-15-22(26(3,4)5)17-23(16-21)27(6,7)8;1-3-2;;;/h2*9-11,13-18H,12H2,1-8H3;1-3H2;2*1H;/q2*-1;-2;;;+2/p-2. The first-order chi connectivity index (χ1) is 26.3. The maximum atomic E-state index is 3.38. The van der Waals surface area contributed by atoms with E-state index in [0.717, 1.165) is 19.3 Å². The molecule has 0 aliphatic rings. The third-order valence-corrected chi connectivity index (χ3v) is 10.9. The number of hydrogen-bond donors (Lipinski definition) is 0. The van der Waals surface area contributed by atoms with Gasteiger partial charge >= 0.3 is 21.7 Å². The van der Waals surface area contributed by atoms with Crippen molar-refractivity contribution < 1.29 is 46.5 Å². The van der Waals surface area contributed by atoms with Crippen LogP contribution in [0, 0.1) is 25.7 Å². The summed E-state index contributed by atoms with van der Waals surface area (Å²) in [4.78, 5) is 0. The van der Waals surface area contributed by atoms with Crippen LogP contribution >= 0.6 is 0 Å². The van der Waals surface area contributed by atoms with Gasteiger partial charge in [0.05, 0.1) is 0 Å². The minimum Gasteiger partial charge on any atom is -1.00 e. The fourth-order valence-corrected chi connectivity index (χ4v) is 7.57. The van der Waals surface area contributed by atoms with Gasteiger partial charge in [-0.2, -0.15) is 12.1 Å². The fourth-order valence-electron chi connectivity index (χ4n) is 7.57. The van der Waals surface area contributed by atoms with E-state index in [-0.39, 0.29) is 68.2 Å². The first-order valence-electron chi connectivity index (χ1n) is 21.6. The molecule has 0 N–H and O–H groups in total. The zero-order chi connectivity index (χ0) is 42.7. The number of fused-ring (bicyclic) bond motifs is 2. The zero-order valence-electron chi connectivity index (χ0n) is 40.2. The number of benzene rings is 4. The Labute approximate surface area is 395 Å². The van der Waals surface area contributed by atoms with Gasteiger partial charge < -0.3 is 45.1 Å². The molecule has 0 atom stereocenters. The van der Waals surface area contributed by atoms with Gasteiger partial charge in [-0.05, 0) is 79.7 Å². The van der Waals surface area contributed by atoms with Crippen LogP contribution in [0.25, 0.3) is 43.8 Å². The Hall–Kier alpha value is -2.61. The van der Waals surface area contributed by atoms with E-state index in [1.807, 2.05) is 0 Å². The SMILES string of the molecule is CC(C)Cc1cc2c(-c3cc(C(C)(C)C)cc(C(C)(C)C)c3)cccc2[cH-]1.CC(C)Cc1cc2c(-c3cc(C(C)(C)C)cc(C(C)(C)C)c3)cccc2[cH-]1.[CH2-]C[CH2-].[Cl-].[Cl-].[Ti+2]. The van der Waals surface area contributed by atoms with Crippen molar-refractivity contribution in [3.63, 3.8) is 0 Å². The van der Waals surface area contributed by atoms with Gasteiger partial charge in [0.15, 0.2) is 0 Å². The van der Waals surface area contributed by atoms with Crippen LogP contribution in [-0.2, 0) is 56.2 Å². The Balaban J connectivity index is 0.000000538. The molecule has 60 heavy (non-hydrogen) atoms. The first-order valence-corrected chi connectivity index (χ1v) is 21.6.